The second-order valence-corrected chi connectivity index (χ2v) is 6.15. The summed E-state index contributed by atoms with van der Waals surface area (Å²) >= 11 is 1.47. The Morgan fingerprint density at radius 1 is 1.17 bits per heavy atom. The molecule has 0 radical (unpaired) electrons. The van der Waals surface area contributed by atoms with E-state index in [4.69, 9.17) is 0 Å². The predicted octanol–water partition coefficient (Wildman–Crippen LogP) is 5.08. The summed E-state index contributed by atoms with van der Waals surface area (Å²) < 4.78 is 0. The van der Waals surface area contributed by atoms with Crippen LogP contribution in [0.1, 0.15) is 11.1 Å². The first-order chi connectivity index (χ1) is 11.0. The third-order valence-electron chi connectivity index (χ3n) is 3.47. The average molecular weight is 325 g/mol. The van der Waals surface area contributed by atoms with Crippen LogP contribution >= 0.6 is 11.3 Å². The van der Waals surface area contributed by atoms with Crippen molar-refractivity contribution in [1.29, 1.82) is 0 Å². The normalized spacial score (nSPS) is 10.5. The zero-order valence-corrected chi connectivity index (χ0v) is 13.6. The number of nitrogens with one attached hydrogen (secondary N) is 1. The summed E-state index contributed by atoms with van der Waals surface area (Å²) in [5.74, 6) is 0. The molecular weight excluding hydrogens is 310 g/mol. The number of benzene rings is 2. The van der Waals surface area contributed by atoms with E-state index in [1.54, 1.807) is 12.1 Å². The van der Waals surface area contributed by atoms with Crippen LogP contribution in [-0.2, 0) is 0 Å². The van der Waals surface area contributed by atoms with Crippen molar-refractivity contribution in [2.75, 3.05) is 5.32 Å². The van der Waals surface area contributed by atoms with Gasteiger partial charge >= 0.3 is 0 Å². The van der Waals surface area contributed by atoms with Crippen molar-refractivity contribution >= 4 is 27.8 Å². The molecule has 0 aliphatic carbocycles. The summed E-state index contributed by atoms with van der Waals surface area (Å²) in [7, 11) is 0. The molecule has 0 fully saturated rings. The molecule has 0 saturated heterocycles. The van der Waals surface area contributed by atoms with Crippen LogP contribution in [0.3, 0.4) is 0 Å². The Morgan fingerprint density at radius 3 is 2.74 bits per heavy atom. The first-order valence-corrected chi connectivity index (χ1v) is 7.95. The van der Waals surface area contributed by atoms with Gasteiger partial charge in [-0.15, -0.1) is 11.3 Å². The van der Waals surface area contributed by atoms with E-state index in [1.807, 2.05) is 5.38 Å². The molecule has 3 rings (SSSR count). The van der Waals surface area contributed by atoms with E-state index in [9.17, 15) is 10.1 Å². The molecule has 23 heavy (non-hydrogen) atoms. The average Bonchev–Trinajstić information content (AvgIpc) is 2.95. The number of nitro groups is 1. The third-order valence-corrected chi connectivity index (χ3v) is 4.23. The Bertz CT molecular complexity index is 874. The van der Waals surface area contributed by atoms with Gasteiger partial charge < -0.3 is 5.32 Å². The van der Waals surface area contributed by atoms with Crippen LogP contribution in [0.2, 0.25) is 0 Å². The van der Waals surface area contributed by atoms with Crippen molar-refractivity contribution in [1.82, 2.24) is 4.98 Å². The lowest BCUT2D eigenvalue weighted by molar-refractivity contribution is -0.384. The summed E-state index contributed by atoms with van der Waals surface area (Å²) in [6.07, 6.45) is 0. The second-order valence-electron chi connectivity index (χ2n) is 5.29. The Balaban J connectivity index is 1.85. The SMILES string of the molecule is Cc1ccc(-c2csc(Nc3cccc([N+](=O)[O-])c3)n2)c(C)c1. The Morgan fingerprint density at radius 2 is 2.00 bits per heavy atom. The molecule has 0 aliphatic rings. The minimum absolute atomic E-state index is 0.0566. The van der Waals surface area contributed by atoms with Crippen LogP contribution in [-0.4, -0.2) is 9.91 Å². The van der Waals surface area contributed by atoms with Crippen LogP contribution in [0.25, 0.3) is 11.3 Å². The van der Waals surface area contributed by atoms with E-state index in [0.717, 1.165) is 11.3 Å². The van der Waals surface area contributed by atoms with Gasteiger partial charge in [-0.05, 0) is 25.5 Å². The number of nitro benzene ring substituents is 1. The quantitative estimate of drug-likeness (QED) is 0.536. The lowest BCUT2D eigenvalue weighted by Crippen LogP contribution is -1.93. The standard InChI is InChI=1S/C17H15N3O2S/c1-11-6-7-15(12(2)8-11)16-10-23-17(19-16)18-13-4-3-5-14(9-13)20(21)22/h3-10H,1-2H3,(H,18,19). The molecule has 6 heteroatoms. The molecule has 0 amide bonds. The highest BCUT2D eigenvalue weighted by Crippen LogP contribution is 2.30. The van der Waals surface area contributed by atoms with E-state index in [-0.39, 0.29) is 5.69 Å². The molecule has 0 saturated carbocycles. The molecule has 2 aromatic carbocycles. The van der Waals surface area contributed by atoms with Crippen molar-refractivity contribution in [2.45, 2.75) is 13.8 Å². The lowest BCUT2D eigenvalue weighted by atomic mass is 10.0. The summed E-state index contributed by atoms with van der Waals surface area (Å²) in [6.45, 7) is 4.13. The van der Waals surface area contributed by atoms with Gasteiger partial charge in [0.15, 0.2) is 5.13 Å². The zero-order chi connectivity index (χ0) is 16.4. The van der Waals surface area contributed by atoms with Gasteiger partial charge in [-0.2, -0.15) is 0 Å². The van der Waals surface area contributed by atoms with Gasteiger partial charge in [0.1, 0.15) is 0 Å². The smallest absolute Gasteiger partial charge is 0.271 e. The van der Waals surface area contributed by atoms with E-state index >= 15 is 0 Å². The van der Waals surface area contributed by atoms with Gasteiger partial charge in [-0.25, -0.2) is 4.98 Å². The highest BCUT2D eigenvalue weighted by molar-refractivity contribution is 7.14. The van der Waals surface area contributed by atoms with Gasteiger partial charge in [0.25, 0.3) is 5.69 Å². The molecular formula is C17H15N3O2S. The van der Waals surface area contributed by atoms with Crippen molar-refractivity contribution < 1.29 is 4.92 Å². The van der Waals surface area contributed by atoms with Gasteiger partial charge in [-0.1, -0.05) is 29.8 Å². The summed E-state index contributed by atoms with van der Waals surface area (Å²) in [5, 5.41) is 16.6. The topological polar surface area (TPSA) is 68.1 Å². The number of thiazole rings is 1. The van der Waals surface area contributed by atoms with E-state index in [0.29, 0.717) is 10.8 Å². The first-order valence-electron chi connectivity index (χ1n) is 7.07. The van der Waals surface area contributed by atoms with Gasteiger partial charge in [0, 0.05) is 28.8 Å². The first kappa shape index (κ1) is 15.2. The molecule has 1 N–H and O–H groups in total. The van der Waals surface area contributed by atoms with Crippen molar-refractivity contribution in [2.24, 2.45) is 0 Å². The largest absolute Gasteiger partial charge is 0.331 e. The number of rotatable bonds is 4. The van der Waals surface area contributed by atoms with Crippen LogP contribution in [0.5, 0.6) is 0 Å². The van der Waals surface area contributed by atoms with E-state index < -0.39 is 4.92 Å². The highest BCUT2D eigenvalue weighted by atomic mass is 32.1. The molecule has 1 aromatic heterocycles. The molecule has 3 aromatic rings. The number of nitrogens with zero attached hydrogens (tertiary/aromatic N) is 2. The molecule has 0 atom stereocenters. The summed E-state index contributed by atoms with van der Waals surface area (Å²) in [4.78, 5) is 15.0. The maximum atomic E-state index is 10.8. The number of hydrogen-bond donors (Lipinski definition) is 1. The zero-order valence-electron chi connectivity index (χ0n) is 12.7. The minimum atomic E-state index is -0.409. The number of hydrogen-bond acceptors (Lipinski definition) is 5. The molecule has 0 bridgehead atoms. The Kier molecular flexibility index (Phi) is 4.08. The van der Waals surface area contributed by atoms with Crippen molar-refractivity contribution in [3.63, 3.8) is 0 Å². The molecule has 0 unspecified atom stereocenters. The van der Waals surface area contributed by atoms with Crippen LogP contribution in [0.4, 0.5) is 16.5 Å². The summed E-state index contributed by atoms with van der Waals surface area (Å²) in [6, 6.07) is 12.7. The Hall–Kier alpha value is -2.73. The van der Waals surface area contributed by atoms with Crippen LogP contribution < -0.4 is 5.32 Å². The Labute approximate surface area is 137 Å². The lowest BCUT2D eigenvalue weighted by Gasteiger charge is -2.04. The minimum Gasteiger partial charge on any atom is -0.331 e. The van der Waals surface area contributed by atoms with Crippen molar-refractivity contribution in [3.8, 4) is 11.3 Å². The third kappa shape index (κ3) is 3.37. The maximum absolute atomic E-state index is 10.8. The van der Waals surface area contributed by atoms with E-state index in [2.05, 4.69) is 42.3 Å². The molecule has 116 valence electrons. The highest BCUT2D eigenvalue weighted by Gasteiger charge is 2.09. The summed E-state index contributed by atoms with van der Waals surface area (Å²) in [5.41, 5.74) is 5.11. The fourth-order valence-electron chi connectivity index (χ4n) is 2.38. The number of aryl methyl sites for hydroxylation is 2. The van der Waals surface area contributed by atoms with Gasteiger partial charge in [0.2, 0.25) is 0 Å². The number of aromatic nitrogens is 1. The molecule has 1 heterocycles. The number of anilines is 2. The second kappa shape index (κ2) is 6.18. The fourth-order valence-corrected chi connectivity index (χ4v) is 3.11. The van der Waals surface area contributed by atoms with Crippen molar-refractivity contribution in [3.05, 3.63) is 69.1 Å². The van der Waals surface area contributed by atoms with Gasteiger partial charge in [0.05, 0.1) is 10.6 Å². The maximum Gasteiger partial charge on any atom is 0.271 e. The number of non-ortho nitro benzene ring substituents is 1. The molecule has 0 aliphatic heterocycles. The van der Waals surface area contributed by atoms with Crippen LogP contribution in [0, 0.1) is 24.0 Å². The van der Waals surface area contributed by atoms with E-state index in [1.165, 1.54) is 34.6 Å². The molecule has 5 nitrogen and oxygen atoms in total. The molecule has 0 spiro atoms. The fraction of sp³-hybridized carbons (Fsp3) is 0.118. The van der Waals surface area contributed by atoms with Gasteiger partial charge in [-0.3, -0.25) is 10.1 Å². The monoisotopic (exact) mass is 325 g/mol. The predicted molar refractivity (Wildman–Crippen MR) is 93.4 cm³/mol. The van der Waals surface area contributed by atoms with Crippen LogP contribution in [0.15, 0.2) is 47.8 Å².